The molecule has 0 radical (unpaired) electrons. The van der Waals surface area contributed by atoms with Gasteiger partial charge in [-0.05, 0) is 43.3 Å². The van der Waals surface area contributed by atoms with Gasteiger partial charge in [-0.3, -0.25) is 4.79 Å². The molecule has 0 amide bonds. The number of aromatic nitrogens is 1. The highest BCUT2D eigenvalue weighted by Crippen LogP contribution is 2.18. The molecule has 0 bridgehead atoms. The second-order valence-electron chi connectivity index (χ2n) is 3.84. The van der Waals surface area contributed by atoms with Crippen LogP contribution in [-0.2, 0) is 0 Å². The second-order valence-corrected chi connectivity index (χ2v) is 4.83. The summed E-state index contributed by atoms with van der Waals surface area (Å²) in [6.07, 6.45) is 1.73. The fourth-order valence-corrected chi connectivity index (χ4v) is 2.31. The molecular formula is C15H15NO2S. The van der Waals surface area contributed by atoms with Gasteiger partial charge in [-0.2, -0.15) is 0 Å². The predicted molar refractivity (Wildman–Crippen MR) is 76.9 cm³/mol. The maximum atomic E-state index is 12.0. The van der Waals surface area contributed by atoms with E-state index in [1.54, 1.807) is 18.3 Å². The fraction of sp³-hybridized carbons (Fsp3) is 0.200. The summed E-state index contributed by atoms with van der Waals surface area (Å²) in [6.45, 7) is 2.56. The SMILES string of the molecule is CCOc1ccc(C(=O)CSc2ccccn2)cc1. The van der Waals surface area contributed by atoms with Gasteiger partial charge in [0.25, 0.3) is 0 Å². The number of hydrogen-bond acceptors (Lipinski definition) is 4. The topological polar surface area (TPSA) is 39.2 Å². The lowest BCUT2D eigenvalue weighted by molar-refractivity contribution is 0.102. The molecule has 0 aliphatic carbocycles. The highest BCUT2D eigenvalue weighted by molar-refractivity contribution is 7.99. The number of pyridine rings is 1. The summed E-state index contributed by atoms with van der Waals surface area (Å²) in [4.78, 5) is 16.2. The molecule has 0 N–H and O–H groups in total. The van der Waals surface area contributed by atoms with Crippen LogP contribution in [0.2, 0.25) is 0 Å². The highest BCUT2D eigenvalue weighted by Gasteiger charge is 2.07. The molecule has 3 nitrogen and oxygen atoms in total. The summed E-state index contributed by atoms with van der Waals surface area (Å²) in [5, 5.41) is 0.863. The van der Waals surface area contributed by atoms with Gasteiger partial charge in [0, 0.05) is 11.8 Å². The van der Waals surface area contributed by atoms with Crippen LogP contribution >= 0.6 is 11.8 Å². The van der Waals surface area contributed by atoms with Crippen LogP contribution in [0.5, 0.6) is 5.75 Å². The quantitative estimate of drug-likeness (QED) is 0.597. The molecule has 0 saturated heterocycles. The molecule has 19 heavy (non-hydrogen) atoms. The van der Waals surface area contributed by atoms with Gasteiger partial charge >= 0.3 is 0 Å². The third-order valence-electron chi connectivity index (χ3n) is 2.48. The largest absolute Gasteiger partial charge is 0.494 e. The normalized spacial score (nSPS) is 10.2. The molecule has 1 aromatic carbocycles. The smallest absolute Gasteiger partial charge is 0.173 e. The van der Waals surface area contributed by atoms with Crippen molar-refractivity contribution >= 4 is 17.5 Å². The second kappa shape index (κ2) is 6.95. The molecule has 0 spiro atoms. The van der Waals surface area contributed by atoms with Crippen LogP contribution in [0.1, 0.15) is 17.3 Å². The Morgan fingerprint density at radius 1 is 1.21 bits per heavy atom. The number of carbonyl (C=O) groups is 1. The molecule has 2 rings (SSSR count). The van der Waals surface area contributed by atoms with Crippen LogP contribution in [0, 0.1) is 0 Å². The molecule has 0 aliphatic rings. The molecule has 0 aliphatic heterocycles. The minimum absolute atomic E-state index is 0.0960. The Bertz CT molecular complexity index is 526. The first-order chi connectivity index (χ1) is 9.29. The van der Waals surface area contributed by atoms with Crippen molar-refractivity contribution in [3.05, 3.63) is 54.2 Å². The lowest BCUT2D eigenvalue weighted by Crippen LogP contribution is -2.02. The van der Waals surface area contributed by atoms with E-state index in [1.165, 1.54) is 11.8 Å². The van der Waals surface area contributed by atoms with Crippen molar-refractivity contribution in [1.82, 2.24) is 4.98 Å². The van der Waals surface area contributed by atoms with Gasteiger partial charge in [0.15, 0.2) is 5.78 Å². The fourth-order valence-electron chi connectivity index (χ4n) is 1.56. The molecule has 98 valence electrons. The van der Waals surface area contributed by atoms with Crippen molar-refractivity contribution in [3.8, 4) is 5.75 Å². The molecule has 0 fully saturated rings. The van der Waals surface area contributed by atoms with Crippen LogP contribution in [0.3, 0.4) is 0 Å². The molecule has 1 aromatic heterocycles. The number of ketones is 1. The van der Waals surface area contributed by atoms with Crippen molar-refractivity contribution in [2.45, 2.75) is 11.9 Å². The summed E-state index contributed by atoms with van der Waals surface area (Å²) in [5.41, 5.74) is 0.701. The average Bonchev–Trinajstić information content (AvgIpc) is 2.47. The van der Waals surface area contributed by atoms with E-state index in [9.17, 15) is 4.79 Å². The third kappa shape index (κ3) is 4.10. The molecule has 2 aromatic rings. The van der Waals surface area contributed by atoms with E-state index < -0.39 is 0 Å². The zero-order valence-electron chi connectivity index (χ0n) is 10.7. The van der Waals surface area contributed by atoms with Gasteiger partial charge in [-0.25, -0.2) is 4.98 Å². The van der Waals surface area contributed by atoms with E-state index in [0.29, 0.717) is 17.9 Å². The average molecular weight is 273 g/mol. The maximum absolute atomic E-state index is 12.0. The third-order valence-corrected chi connectivity index (χ3v) is 3.42. The minimum Gasteiger partial charge on any atom is -0.494 e. The molecule has 0 unspecified atom stereocenters. The number of benzene rings is 1. The number of carbonyl (C=O) groups excluding carboxylic acids is 1. The highest BCUT2D eigenvalue weighted by atomic mass is 32.2. The van der Waals surface area contributed by atoms with Crippen LogP contribution in [0.4, 0.5) is 0 Å². The van der Waals surface area contributed by atoms with Crippen molar-refractivity contribution in [2.75, 3.05) is 12.4 Å². The zero-order chi connectivity index (χ0) is 13.5. The first-order valence-electron chi connectivity index (χ1n) is 6.09. The number of hydrogen-bond donors (Lipinski definition) is 0. The summed E-state index contributed by atoms with van der Waals surface area (Å²) in [5.74, 6) is 1.28. The summed E-state index contributed by atoms with van der Waals surface area (Å²) < 4.78 is 5.34. The monoisotopic (exact) mass is 273 g/mol. The van der Waals surface area contributed by atoms with Crippen molar-refractivity contribution in [1.29, 1.82) is 0 Å². The van der Waals surface area contributed by atoms with Gasteiger partial charge in [0.2, 0.25) is 0 Å². The minimum atomic E-state index is 0.0960. The van der Waals surface area contributed by atoms with Crippen LogP contribution in [0.25, 0.3) is 0 Å². The Balaban J connectivity index is 1.92. The number of Topliss-reactive ketones (excluding diaryl/α,β-unsaturated/α-hetero) is 1. The Morgan fingerprint density at radius 3 is 2.63 bits per heavy atom. The van der Waals surface area contributed by atoms with Crippen LogP contribution in [-0.4, -0.2) is 23.1 Å². The molecular weight excluding hydrogens is 258 g/mol. The van der Waals surface area contributed by atoms with Gasteiger partial charge in [-0.1, -0.05) is 17.8 Å². The zero-order valence-corrected chi connectivity index (χ0v) is 11.5. The van der Waals surface area contributed by atoms with Crippen molar-refractivity contribution < 1.29 is 9.53 Å². The number of nitrogens with zero attached hydrogens (tertiary/aromatic N) is 1. The predicted octanol–water partition coefficient (Wildman–Crippen LogP) is 3.46. The lowest BCUT2D eigenvalue weighted by Gasteiger charge is -2.04. The number of ether oxygens (including phenoxy) is 1. The lowest BCUT2D eigenvalue weighted by atomic mass is 10.1. The van der Waals surface area contributed by atoms with Crippen molar-refractivity contribution in [3.63, 3.8) is 0 Å². The van der Waals surface area contributed by atoms with Crippen LogP contribution < -0.4 is 4.74 Å². The first kappa shape index (κ1) is 13.6. The standard InChI is InChI=1S/C15H15NO2S/c1-2-18-13-8-6-12(7-9-13)14(17)11-19-15-5-3-4-10-16-15/h3-10H,2,11H2,1H3. The van der Waals surface area contributed by atoms with E-state index in [1.807, 2.05) is 37.3 Å². The first-order valence-corrected chi connectivity index (χ1v) is 7.08. The number of rotatable bonds is 6. The molecule has 4 heteroatoms. The van der Waals surface area contributed by atoms with E-state index in [-0.39, 0.29) is 5.78 Å². The van der Waals surface area contributed by atoms with Gasteiger partial charge in [0.1, 0.15) is 5.75 Å². The van der Waals surface area contributed by atoms with Gasteiger partial charge < -0.3 is 4.74 Å². The molecule has 0 atom stereocenters. The Morgan fingerprint density at radius 2 is 2.00 bits per heavy atom. The molecule has 1 heterocycles. The van der Waals surface area contributed by atoms with E-state index >= 15 is 0 Å². The Labute approximate surface area is 117 Å². The van der Waals surface area contributed by atoms with E-state index in [4.69, 9.17) is 4.74 Å². The summed E-state index contributed by atoms with van der Waals surface area (Å²) in [7, 11) is 0. The van der Waals surface area contributed by atoms with Crippen LogP contribution in [0.15, 0.2) is 53.7 Å². The summed E-state index contributed by atoms with van der Waals surface area (Å²) in [6, 6.07) is 12.9. The Kier molecular flexibility index (Phi) is 4.98. The van der Waals surface area contributed by atoms with Gasteiger partial charge in [0.05, 0.1) is 17.4 Å². The number of thioether (sulfide) groups is 1. The Hall–Kier alpha value is -1.81. The molecule has 0 saturated carbocycles. The van der Waals surface area contributed by atoms with Gasteiger partial charge in [-0.15, -0.1) is 0 Å². The van der Waals surface area contributed by atoms with Crippen molar-refractivity contribution in [2.24, 2.45) is 0 Å². The maximum Gasteiger partial charge on any atom is 0.173 e. The van der Waals surface area contributed by atoms with E-state index in [0.717, 1.165) is 10.8 Å². The van der Waals surface area contributed by atoms with E-state index in [2.05, 4.69) is 4.98 Å². The summed E-state index contributed by atoms with van der Waals surface area (Å²) >= 11 is 1.45.